The Morgan fingerprint density at radius 1 is 1.19 bits per heavy atom. The van der Waals surface area contributed by atoms with Crippen LogP contribution < -0.4 is 5.32 Å². The highest BCUT2D eigenvalue weighted by Gasteiger charge is 2.23. The maximum Gasteiger partial charge on any atom is 0.223 e. The molecule has 2 aliphatic heterocycles. The number of nitrogens with zero attached hydrogens (tertiary/aromatic N) is 3. The van der Waals surface area contributed by atoms with E-state index >= 15 is 0 Å². The lowest BCUT2D eigenvalue weighted by atomic mass is 10.2. The summed E-state index contributed by atoms with van der Waals surface area (Å²) >= 11 is 0. The van der Waals surface area contributed by atoms with Gasteiger partial charge >= 0.3 is 0 Å². The molecule has 1 unspecified atom stereocenters. The Morgan fingerprint density at radius 2 is 1.81 bits per heavy atom. The number of carbonyl (C=O) groups excluding carboxylic acids is 1. The van der Waals surface area contributed by atoms with Gasteiger partial charge in [0.15, 0.2) is 0 Å². The van der Waals surface area contributed by atoms with E-state index in [4.69, 9.17) is 0 Å². The highest BCUT2D eigenvalue weighted by molar-refractivity contribution is 5.85. The molecule has 0 saturated carbocycles. The van der Waals surface area contributed by atoms with E-state index in [-0.39, 0.29) is 24.8 Å². The van der Waals surface area contributed by atoms with E-state index in [9.17, 15) is 4.79 Å². The predicted octanol–water partition coefficient (Wildman–Crippen LogP) is 0.678. The first-order chi connectivity index (χ1) is 9.20. The monoisotopic (exact) mass is 340 g/mol. The number of carbonyl (C=O) groups is 1. The number of halogens is 2. The highest BCUT2D eigenvalue weighted by atomic mass is 35.5. The number of nitrogens with one attached hydrogen (secondary N) is 1. The van der Waals surface area contributed by atoms with Gasteiger partial charge < -0.3 is 20.0 Å². The van der Waals surface area contributed by atoms with Crippen molar-refractivity contribution in [2.45, 2.75) is 25.8 Å². The number of hydrogen-bond acceptors (Lipinski definition) is 4. The Labute approximate surface area is 141 Å². The molecule has 21 heavy (non-hydrogen) atoms. The molecule has 2 aliphatic rings. The van der Waals surface area contributed by atoms with Crippen molar-refractivity contribution in [2.24, 2.45) is 0 Å². The van der Waals surface area contributed by atoms with Crippen LogP contribution in [0.25, 0.3) is 0 Å². The molecule has 0 bridgehead atoms. The van der Waals surface area contributed by atoms with Crippen molar-refractivity contribution in [2.75, 3.05) is 59.4 Å². The summed E-state index contributed by atoms with van der Waals surface area (Å²) < 4.78 is 0. The molecule has 0 aliphatic carbocycles. The van der Waals surface area contributed by atoms with Crippen LogP contribution in [0.5, 0.6) is 0 Å². The van der Waals surface area contributed by atoms with Crippen LogP contribution in [0.3, 0.4) is 0 Å². The van der Waals surface area contributed by atoms with E-state index in [0.717, 1.165) is 58.8 Å². The van der Waals surface area contributed by atoms with Gasteiger partial charge in [0.05, 0.1) is 0 Å². The summed E-state index contributed by atoms with van der Waals surface area (Å²) in [6, 6.07) is 0.407. The van der Waals surface area contributed by atoms with Gasteiger partial charge in [-0.3, -0.25) is 4.79 Å². The van der Waals surface area contributed by atoms with E-state index in [1.807, 2.05) is 11.9 Å². The minimum Gasteiger partial charge on any atom is -0.341 e. The zero-order valence-electron chi connectivity index (χ0n) is 13.2. The van der Waals surface area contributed by atoms with Crippen LogP contribution in [0.4, 0.5) is 0 Å². The smallest absolute Gasteiger partial charge is 0.223 e. The Hall–Kier alpha value is -0.0700. The van der Waals surface area contributed by atoms with Gasteiger partial charge in [-0.15, -0.1) is 24.8 Å². The second-order valence-electron chi connectivity index (χ2n) is 5.68. The summed E-state index contributed by atoms with van der Waals surface area (Å²) in [4.78, 5) is 19.0. The van der Waals surface area contributed by atoms with Gasteiger partial charge in [-0.1, -0.05) is 6.92 Å². The number of likely N-dealkylation sites (N-methyl/N-ethyl adjacent to an activating group) is 2. The molecule has 0 aromatic rings. The van der Waals surface area contributed by atoms with Crippen molar-refractivity contribution >= 4 is 30.7 Å². The molecule has 0 spiro atoms. The van der Waals surface area contributed by atoms with E-state index in [0.29, 0.717) is 18.4 Å². The Morgan fingerprint density at radius 3 is 2.33 bits per heavy atom. The van der Waals surface area contributed by atoms with Crippen molar-refractivity contribution < 1.29 is 4.79 Å². The van der Waals surface area contributed by atoms with Crippen LogP contribution in [0.2, 0.25) is 0 Å². The summed E-state index contributed by atoms with van der Waals surface area (Å²) in [5, 5.41) is 3.32. The fourth-order valence-electron chi connectivity index (χ4n) is 2.93. The predicted molar refractivity (Wildman–Crippen MR) is 91.7 cm³/mol. The lowest BCUT2D eigenvalue weighted by Crippen LogP contribution is -2.47. The van der Waals surface area contributed by atoms with Crippen LogP contribution in [0.1, 0.15) is 19.8 Å². The van der Waals surface area contributed by atoms with Crippen molar-refractivity contribution in [3.63, 3.8) is 0 Å². The molecule has 0 aromatic carbocycles. The lowest BCUT2D eigenvalue weighted by molar-refractivity contribution is -0.132. The van der Waals surface area contributed by atoms with E-state index in [1.165, 1.54) is 0 Å². The number of hydrogen-bond donors (Lipinski definition) is 1. The zero-order valence-corrected chi connectivity index (χ0v) is 14.8. The zero-order chi connectivity index (χ0) is 13.7. The van der Waals surface area contributed by atoms with E-state index < -0.39 is 0 Å². The van der Waals surface area contributed by atoms with Crippen LogP contribution in [-0.2, 0) is 4.79 Å². The van der Waals surface area contributed by atoms with Crippen LogP contribution in [-0.4, -0.2) is 86.1 Å². The third-order valence-corrected chi connectivity index (χ3v) is 4.53. The average Bonchev–Trinajstić information content (AvgIpc) is 2.98. The fraction of sp³-hybridized carbons (Fsp3) is 0.929. The van der Waals surface area contributed by atoms with Crippen molar-refractivity contribution in [3.8, 4) is 0 Å². The SMILES string of the molecule is CCN1CCN(CCC(=O)N(C)C2CCNC2)CC1.Cl.Cl. The standard InChI is InChI=1S/C14H28N4O.2ClH/c1-3-17-8-10-18(11-9-17)7-5-14(19)16(2)13-4-6-15-12-13;;/h13,15H,3-12H2,1-2H3;2*1H. The molecule has 1 amide bonds. The Bertz CT molecular complexity index is 293. The first-order valence-electron chi connectivity index (χ1n) is 7.61. The highest BCUT2D eigenvalue weighted by Crippen LogP contribution is 2.09. The average molecular weight is 341 g/mol. The number of rotatable bonds is 5. The molecule has 5 nitrogen and oxygen atoms in total. The molecule has 2 saturated heterocycles. The first kappa shape index (κ1) is 20.9. The summed E-state index contributed by atoms with van der Waals surface area (Å²) in [6.45, 7) is 10.8. The molecule has 1 atom stereocenters. The van der Waals surface area contributed by atoms with Gasteiger partial charge in [0.1, 0.15) is 0 Å². The maximum atomic E-state index is 12.2. The Balaban J connectivity index is 0.00000200. The van der Waals surface area contributed by atoms with Gasteiger partial charge in [-0.25, -0.2) is 0 Å². The molecule has 0 aromatic heterocycles. The summed E-state index contributed by atoms with van der Waals surface area (Å²) in [7, 11) is 1.95. The van der Waals surface area contributed by atoms with E-state index in [2.05, 4.69) is 22.0 Å². The fourth-order valence-corrected chi connectivity index (χ4v) is 2.93. The molecular weight excluding hydrogens is 311 g/mol. The van der Waals surface area contributed by atoms with Crippen LogP contribution in [0, 0.1) is 0 Å². The van der Waals surface area contributed by atoms with Crippen molar-refractivity contribution in [1.82, 2.24) is 20.0 Å². The molecule has 7 heteroatoms. The van der Waals surface area contributed by atoms with Gasteiger partial charge in [-0.2, -0.15) is 0 Å². The van der Waals surface area contributed by atoms with Gasteiger partial charge in [0.25, 0.3) is 0 Å². The van der Waals surface area contributed by atoms with Crippen molar-refractivity contribution in [1.29, 1.82) is 0 Å². The van der Waals surface area contributed by atoms with Gasteiger partial charge in [0.2, 0.25) is 5.91 Å². The number of piperazine rings is 1. The van der Waals surface area contributed by atoms with Gasteiger partial charge in [0, 0.05) is 58.8 Å². The first-order valence-corrected chi connectivity index (χ1v) is 7.61. The van der Waals surface area contributed by atoms with Crippen LogP contribution >= 0.6 is 24.8 Å². The molecule has 1 N–H and O–H groups in total. The summed E-state index contributed by atoms with van der Waals surface area (Å²) in [5.74, 6) is 0.298. The maximum absolute atomic E-state index is 12.2. The Kier molecular flexibility index (Phi) is 10.6. The molecule has 2 fully saturated rings. The normalized spacial score (nSPS) is 23.2. The molecule has 126 valence electrons. The van der Waals surface area contributed by atoms with Crippen molar-refractivity contribution in [3.05, 3.63) is 0 Å². The summed E-state index contributed by atoms with van der Waals surface area (Å²) in [6.07, 6.45) is 1.76. The molecule has 2 rings (SSSR count). The third-order valence-electron chi connectivity index (χ3n) is 4.53. The lowest BCUT2D eigenvalue weighted by Gasteiger charge is -2.34. The topological polar surface area (TPSA) is 38.8 Å². The third kappa shape index (κ3) is 6.28. The minimum absolute atomic E-state index is 0. The molecule has 0 radical (unpaired) electrons. The summed E-state index contributed by atoms with van der Waals surface area (Å²) in [5.41, 5.74) is 0. The largest absolute Gasteiger partial charge is 0.341 e. The van der Waals surface area contributed by atoms with Crippen LogP contribution in [0.15, 0.2) is 0 Å². The minimum atomic E-state index is 0. The number of amides is 1. The molecule has 2 heterocycles. The second kappa shape index (κ2) is 10.6. The second-order valence-corrected chi connectivity index (χ2v) is 5.68. The van der Waals surface area contributed by atoms with Gasteiger partial charge in [-0.05, 0) is 19.5 Å². The van der Waals surface area contributed by atoms with E-state index in [1.54, 1.807) is 0 Å². The molecular formula is C14H30Cl2N4O. The quantitative estimate of drug-likeness (QED) is 0.798.